The number of hydrogen-bond acceptors (Lipinski definition) is 4. The van der Waals surface area contributed by atoms with Gasteiger partial charge in [0, 0.05) is 23.3 Å². The molecule has 1 aliphatic carbocycles. The Kier molecular flexibility index (Phi) is 7.21. The molecule has 0 radical (unpaired) electrons. The molecule has 0 unspecified atom stereocenters. The van der Waals surface area contributed by atoms with Crippen LogP contribution in [0.15, 0.2) is 60.7 Å². The molecule has 3 fully saturated rings. The minimum atomic E-state index is -1.18. The molecule has 3 amide bonds. The molecule has 2 bridgehead atoms. The van der Waals surface area contributed by atoms with Crippen molar-refractivity contribution in [2.45, 2.75) is 82.2 Å². The second-order valence-electron chi connectivity index (χ2n) is 11.9. The summed E-state index contributed by atoms with van der Waals surface area (Å²) in [5, 5.41) is 6.83. The summed E-state index contributed by atoms with van der Waals surface area (Å²) in [4.78, 5) is 43.4. The molecule has 4 aliphatic rings. The van der Waals surface area contributed by atoms with Gasteiger partial charge >= 0.3 is 0 Å². The topological polar surface area (TPSA) is 87.7 Å². The average Bonchev–Trinajstić information content (AvgIpc) is 3.58. The van der Waals surface area contributed by atoms with Crippen LogP contribution in [-0.2, 0) is 25.7 Å². The molecule has 8 heteroatoms. The Bertz CT molecular complexity index is 1320. The Morgan fingerprint density at radius 3 is 2.40 bits per heavy atom. The highest BCUT2D eigenvalue weighted by atomic mass is 35.5. The monoisotopic (exact) mass is 561 g/mol. The third-order valence-electron chi connectivity index (χ3n) is 8.99. The lowest BCUT2D eigenvalue weighted by Gasteiger charge is -2.34. The quantitative estimate of drug-likeness (QED) is 0.455. The van der Waals surface area contributed by atoms with Crippen LogP contribution in [0.1, 0.15) is 63.0 Å². The minimum Gasteiger partial charge on any atom is -0.359 e. The maximum atomic E-state index is 14.2. The first-order chi connectivity index (χ1) is 19.3. The van der Waals surface area contributed by atoms with Gasteiger partial charge in [0.25, 0.3) is 0 Å². The van der Waals surface area contributed by atoms with E-state index in [2.05, 4.69) is 24.5 Å². The van der Waals surface area contributed by atoms with Gasteiger partial charge < -0.3 is 20.3 Å². The number of carbonyl (C=O) groups excluding carboxylic acids is 3. The summed E-state index contributed by atoms with van der Waals surface area (Å²) < 4.78 is 6.47. The van der Waals surface area contributed by atoms with Gasteiger partial charge in [-0.1, -0.05) is 81.1 Å². The van der Waals surface area contributed by atoms with E-state index >= 15 is 0 Å². The molecule has 2 N–H and O–H groups in total. The summed E-state index contributed by atoms with van der Waals surface area (Å²) in [7, 11) is 0. The van der Waals surface area contributed by atoms with E-state index in [1.807, 2.05) is 48.6 Å². The van der Waals surface area contributed by atoms with E-state index < -0.39 is 29.6 Å². The van der Waals surface area contributed by atoms with E-state index in [-0.39, 0.29) is 30.3 Å². The summed E-state index contributed by atoms with van der Waals surface area (Å²) in [5.41, 5.74) is 1.52. The van der Waals surface area contributed by atoms with Crippen LogP contribution in [0.4, 0.5) is 5.69 Å². The molecule has 7 nitrogen and oxygen atoms in total. The van der Waals surface area contributed by atoms with Crippen LogP contribution in [0.2, 0.25) is 5.02 Å². The lowest BCUT2D eigenvalue weighted by molar-refractivity contribution is -0.142. The van der Waals surface area contributed by atoms with E-state index in [9.17, 15) is 14.4 Å². The first-order valence-corrected chi connectivity index (χ1v) is 14.8. The molecule has 1 saturated carbocycles. The zero-order chi connectivity index (χ0) is 28.0. The second-order valence-corrected chi connectivity index (χ2v) is 12.3. The highest BCUT2D eigenvalue weighted by Crippen LogP contribution is 2.55. The fourth-order valence-electron chi connectivity index (χ4n) is 6.93. The van der Waals surface area contributed by atoms with Crippen molar-refractivity contribution in [3.05, 3.63) is 76.8 Å². The maximum absolute atomic E-state index is 14.2. The number of ether oxygens (including phenoxy) is 1. The fourth-order valence-corrected chi connectivity index (χ4v) is 7.05. The van der Waals surface area contributed by atoms with E-state index in [1.165, 1.54) is 12.0 Å². The van der Waals surface area contributed by atoms with Crippen molar-refractivity contribution < 1.29 is 19.1 Å². The molecule has 2 aromatic rings. The summed E-state index contributed by atoms with van der Waals surface area (Å²) in [6.07, 6.45) is 8.34. The van der Waals surface area contributed by atoms with Crippen molar-refractivity contribution in [2.75, 3.05) is 5.32 Å². The zero-order valence-corrected chi connectivity index (χ0v) is 23.7. The van der Waals surface area contributed by atoms with Gasteiger partial charge in [-0.3, -0.25) is 14.4 Å². The number of carbonyl (C=O) groups is 3. The lowest BCUT2D eigenvalue weighted by Crippen LogP contribution is -2.56. The van der Waals surface area contributed by atoms with Crippen molar-refractivity contribution in [1.29, 1.82) is 0 Å². The summed E-state index contributed by atoms with van der Waals surface area (Å²) in [6, 6.07) is 14.2. The highest BCUT2D eigenvalue weighted by molar-refractivity contribution is 6.30. The number of nitrogens with one attached hydrogen (secondary N) is 2. The van der Waals surface area contributed by atoms with Gasteiger partial charge in [-0.2, -0.15) is 0 Å². The Hall–Kier alpha value is -3.16. The number of hydrogen-bond donors (Lipinski definition) is 2. The summed E-state index contributed by atoms with van der Waals surface area (Å²) in [6.45, 7) is 4.46. The molecule has 210 valence electrons. The predicted molar refractivity (Wildman–Crippen MR) is 154 cm³/mol. The molecule has 40 heavy (non-hydrogen) atoms. The van der Waals surface area contributed by atoms with Crippen molar-refractivity contribution in [3.8, 4) is 0 Å². The van der Waals surface area contributed by atoms with Crippen LogP contribution in [0.25, 0.3) is 0 Å². The molecule has 3 heterocycles. The van der Waals surface area contributed by atoms with Crippen LogP contribution in [0.3, 0.4) is 0 Å². The van der Waals surface area contributed by atoms with Gasteiger partial charge in [-0.05, 0) is 54.2 Å². The Morgan fingerprint density at radius 1 is 1.02 bits per heavy atom. The van der Waals surface area contributed by atoms with Crippen LogP contribution >= 0.6 is 11.6 Å². The van der Waals surface area contributed by atoms with Gasteiger partial charge in [-0.15, -0.1) is 0 Å². The summed E-state index contributed by atoms with van der Waals surface area (Å²) in [5.74, 6) is -1.86. The number of benzene rings is 2. The lowest BCUT2D eigenvalue weighted by atomic mass is 9.74. The van der Waals surface area contributed by atoms with Crippen molar-refractivity contribution in [3.63, 3.8) is 0 Å². The van der Waals surface area contributed by atoms with Crippen molar-refractivity contribution >= 4 is 35.0 Å². The molecule has 2 aromatic carbocycles. The number of amides is 3. The second kappa shape index (κ2) is 10.7. The third-order valence-corrected chi connectivity index (χ3v) is 9.24. The SMILES string of the molecule is CC(C)c1ccc(NC(=O)[C@@H]2[C@H]3C=C[C@@]4(O3)[C@H]2C(=O)N(Cc2ccc(Cl)cc2)[C@@H]4C(=O)NC2CCCCC2)cc1. The van der Waals surface area contributed by atoms with Crippen LogP contribution in [0.5, 0.6) is 0 Å². The molecule has 3 aliphatic heterocycles. The number of nitrogens with zero attached hydrogens (tertiary/aromatic N) is 1. The minimum absolute atomic E-state index is 0.0830. The first kappa shape index (κ1) is 27.0. The number of halogens is 1. The van der Waals surface area contributed by atoms with Gasteiger partial charge in [0.15, 0.2) is 0 Å². The molecule has 5 atom stereocenters. The summed E-state index contributed by atoms with van der Waals surface area (Å²) >= 11 is 6.10. The van der Waals surface area contributed by atoms with Gasteiger partial charge in [-0.25, -0.2) is 0 Å². The Labute approximate surface area is 240 Å². The average molecular weight is 562 g/mol. The van der Waals surface area contributed by atoms with E-state index in [1.54, 1.807) is 17.0 Å². The molecule has 2 saturated heterocycles. The number of anilines is 1. The van der Waals surface area contributed by atoms with Crippen LogP contribution < -0.4 is 10.6 Å². The highest BCUT2D eigenvalue weighted by Gasteiger charge is 2.72. The van der Waals surface area contributed by atoms with E-state index in [4.69, 9.17) is 16.3 Å². The largest absolute Gasteiger partial charge is 0.359 e. The maximum Gasteiger partial charge on any atom is 0.246 e. The predicted octanol–water partition coefficient (Wildman–Crippen LogP) is 5.20. The van der Waals surface area contributed by atoms with Gasteiger partial charge in [0.2, 0.25) is 17.7 Å². The number of likely N-dealkylation sites (tertiary alicyclic amines) is 1. The van der Waals surface area contributed by atoms with Gasteiger partial charge in [0.1, 0.15) is 11.6 Å². The fraction of sp³-hybridized carbons (Fsp3) is 0.469. The normalized spacial score (nSPS) is 29.2. The van der Waals surface area contributed by atoms with E-state index in [0.29, 0.717) is 16.6 Å². The number of fused-ring (bicyclic) bond motifs is 1. The third kappa shape index (κ3) is 4.73. The smallest absolute Gasteiger partial charge is 0.246 e. The first-order valence-electron chi connectivity index (χ1n) is 14.4. The Balaban J connectivity index is 1.30. The molecule has 1 spiro atoms. The zero-order valence-electron chi connectivity index (χ0n) is 22.9. The Morgan fingerprint density at radius 2 is 1.73 bits per heavy atom. The number of rotatable bonds is 7. The van der Waals surface area contributed by atoms with Crippen LogP contribution in [-0.4, -0.2) is 46.4 Å². The van der Waals surface area contributed by atoms with E-state index in [0.717, 1.165) is 31.2 Å². The molecular weight excluding hydrogens is 526 g/mol. The molecule has 6 rings (SSSR count). The molecular formula is C32H36ClN3O4. The molecule has 0 aromatic heterocycles. The van der Waals surface area contributed by atoms with Crippen molar-refractivity contribution in [1.82, 2.24) is 10.2 Å². The van der Waals surface area contributed by atoms with Gasteiger partial charge in [0.05, 0.1) is 17.9 Å². The standard InChI is InChI=1S/C32H36ClN3O4/c1-19(2)21-10-14-24(15-11-21)34-29(37)26-25-16-17-32(40-25)27(26)31(39)36(18-20-8-12-22(33)13-9-20)28(32)30(38)35-23-6-4-3-5-7-23/h8-17,19,23,25-28H,3-7,18H2,1-2H3,(H,34,37)(H,35,38)/t25-,26-,27-,28-,32-/m1/s1. The van der Waals surface area contributed by atoms with Crippen molar-refractivity contribution in [2.24, 2.45) is 11.8 Å². The van der Waals surface area contributed by atoms with Crippen LogP contribution in [0, 0.1) is 11.8 Å².